The lowest BCUT2D eigenvalue weighted by atomic mass is 10.0. The Labute approximate surface area is 110 Å². The van der Waals surface area contributed by atoms with Crippen molar-refractivity contribution in [1.82, 2.24) is 10.3 Å². The maximum atomic E-state index is 4.63. The Balaban J connectivity index is 1.75. The Hall–Kier alpha value is -1.09. The van der Waals surface area contributed by atoms with E-state index in [4.69, 9.17) is 0 Å². The van der Waals surface area contributed by atoms with Crippen molar-refractivity contribution in [1.29, 1.82) is 0 Å². The Morgan fingerprint density at radius 2 is 2.11 bits per heavy atom. The van der Waals surface area contributed by atoms with Gasteiger partial charge in [0.15, 0.2) is 0 Å². The van der Waals surface area contributed by atoms with E-state index in [0.29, 0.717) is 0 Å². The molecule has 2 fully saturated rings. The molecule has 1 saturated heterocycles. The van der Waals surface area contributed by atoms with Crippen LogP contribution >= 0.6 is 0 Å². The zero-order chi connectivity index (χ0) is 12.4. The van der Waals surface area contributed by atoms with E-state index >= 15 is 0 Å². The van der Waals surface area contributed by atoms with Crippen LogP contribution in [0, 0.1) is 11.8 Å². The number of hydrogen-bond donors (Lipinski definition) is 1. The van der Waals surface area contributed by atoms with Crippen molar-refractivity contribution in [2.75, 3.05) is 24.5 Å². The van der Waals surface area contributed by atoms with Gasteiger partial charge in [-0.05, 0) is 37.3 Å². The van der Waals surface area contributed by atoms with E-state index in [9.17, 15) is 0 Å². The van der Waals surface area contributed by atoms with Gasteiger partial charge in [-0.2, -0.15) is 0 Å². The van der Waals surface area contributed by atoms with E-state index < -0.39 is 0 Å². The lowest BCUT2D eigenvalue weighted by molar-refractivity contribution is 0.494. The number of aromatic nitrogens is 1. The number of anilines is 1. The van der Waals surface area contributed by atoms with Crippen LogP contribution in [0.15, 0.2) is 18.3 Å². The maximum Gasteiger partial charge on any atom is 0.133 e. The van der Waals surface area contributed by atoms with Crippen LogP contribution < -0.4 is 10.2 Å². The fourth-order valence-electron chi connectivity index (χ4n) is 3.52. The first kappa shape index (κ1) is 12.0. The van der Waals surface area contributed by atoms with E-state index in [1.54, 1.807) is 0 Å². The third-order valence-corrected chi connectivity index (χ3v) is 4.46. The minimum atomic E-state index is 0.930. The number of pyridine rings is 1. The Kier molecular flexibility index (Phi) is 3.50. The summed E-state index contributed by atoms with van der Waals surface area (Å²) in [5, 5.41) is 3.41. The van der Waals surface area contributed by atoms with Crippen molar-refractivity contribution < 1.29 is 0 Å². The van der Waals surface area contributed by atoms with Gasteiger partial charge in [-0.3, -0.25) is 0 Å². The van der Waals surface area contributed by atoms with Crippen LogP contribution in [0.1, 0.15) is 31.7 Å². The van der Waals surface area contributed by atoms with E-state index in [1.165, 1.54) is 43.7 Å². The predicted molar refractivity (Wildman–Crippen MR) is 74.7 cm³/mol. The molecule has 1 saturated carbocycles. The monoisotopic (exact) mass is 245 g/mol. The van der Waals surface area contributed by atoms with Gasteiger partial charge < -0.3 is 10.2 Å². The molecule has 2 atom stereocenters. The molecule has 2 unspecified atom stereocenters. The maximum absolute atomic E-state index is 4.63. The molecule has 3 nitrogen and oxygen atoms in total. The second-order valence-electron chi connectivity index (χ2n) is 5.62. The highest BCUT2D eigenvalue weighted by Crippen LogP contribution is 2.39. The molecule has 1 aliphatic heterocycles. The minimum Gasteiger partial charge on any atom is -0.356 e. The van der Waals surface area contributed by atoms with Gasteiger partial charge in [-0.25, -0.2) is 4.98 Å². The summed E-state index contributed by atoms with van der Waals surface area (Å²) in [4.78, 5) is 7.14. The first-order valence-corrected chi connectivity index (χ1v) is 7.28. The molecule has 2 heterocycles. The standard InChI is InChI=1S/C15H23N3/c1-2-16-9-12-7-4-8-17-15(12)18-10-13-5-3-6-14(13)11-18/h4,7-8,13-14,16H,2-3,5-6,9-11H2,1H3. The number of nitrogens with zero attached hydrogens (tertiary/aromatic N) is 2. The molecule has 3 rings (SSSR count). The zero-order valence-corrected chi connectivity index (χ0v) is 11.2. The Morgan fingerprint density at radius 1 is 1.33 bits per heavy atom. The number of rotatable bonds is 4. The normalized spacial score (nSPS) is 26.6. The van der Waals surface area contributed by atoms with Gasteiger partial charge in [0.25, 0.3) is 0 Å². The van der Waals surface area contributed by atoms with E-state index in [0.717, 1.165) is 24.9 Å². The van der Waals surface area contributed by atoms with Crippen molar-refractivity contribution in [3.8, 4) is 0 Å². The highest BCUT2D eigenvalue weighted by Gasteiger charge is 2.36. The molecule has 0 aromatic carbocycles. The van der Waals surface area contributed by atoms with Gasteiger partial charge >= 0.3 is 0 Å². The van der Waals surface area contributed by atoms with Gasteiger partial charge in [0.2, 0.25) is 0 Å². The van der Waals surface area contributed by atoms with E-state index in [1.807, 2.05) is 12.3 Å². The lowest BCUT2D eigenvalue weighted by Crippen LogP contribution is -2.24. The molecule has 0 bridgehead atoms. The van der Waals surface area contributed by atoms with Crippen LogP contribution in [0.3, 0.4) is 0 Å². The van der Waals surface area contributed by atoms with Gasteiger partial charge in [0, 0.05) is 31.4 Å². The van der Waals surface area contributed by atoms with Gasteiger partial charge in [0.05, 0.1) is 0 Å². The Morgan fingerprint density at radius 3 is 2.83 bits per heavy atom. The van der Waals surface area contributed by atoms with Gasteiger partial charge in [0.1, 0.15) is 5.82 Å². The summed E-state index contributed by atoms with van der Waals surface area (Å²) < 4.78 is 0. The summed E-state index contributed by atoms with van der Waals surface area (Å²) in [7, 11) is 0. The number of nitrogens with one attached hydrogen (secondary N) is 1. The van der Waals surface area contributed by atoms with Crippen LogP contribution in [0.2, 0.25) is 0 Å². The molecule has 2 aliphatic rings. The molecule has 0 radical (unpaired) electrons. The molecule has 1 N–H and O–H groups in total. The predicted octanol–water partition coefficient (Wildman–Crippen LogP) is 2.43. The van der Waals surface area contributed by atoms with Crippen molar-refractivity contribution >= 4 is 5.82 Å². The van der Waals surface area contributed by atoms with Gasteiger partial charge in [-0.1, -0.05) is 19.4 Å². The fraction of sp³-hybridized carbons (Fsp3) is 0.667. The summed E-state index contributed by atoms with van der Waals surface area (Å²) >= 11 is 0. The average Bonchev–Trinajstić information content (AvgIpc) is 2.97. The van der Waals surface area contributed by atoms with Crippen LogP contribution in [0.25, 0.3) is 0 Å². The molecule has 1 aromatic heterocycles. The first-order chi connectivity index (χ1) is 8.88. The second-order valence-corrected chi connectivity index (χ2v) is 5.62. The molecule has 0 spiro atoms. The third-order valence-electron chi connectivity index (χ3n) is 4.46. The number of fused-ring (bicyclic) bond motifs is 1. The molecular weight excluding hydrogens is 222 g/mol. The minimum absolute atomic E-state index is 0.930. The molecule has 18 heavy (non-hydrogen) atoms. The van der Waals surface area contributed by atoms with Crippen molar-refractivity contribution in [2.45, 2.75) is 32.7 Å². The molecule has 98 valence electrons. The summed E-state index contributed by atoms with van der Waals surface area (Å²) in [5.74, 6) is 3.07. The first-order valence-electron chi connectivity index (χ1n) is 7.28. The zero-order valence-electron chi connectivity index (χ0n) is 11.2. The lowest BCUT2D eigenvalue weighted by Gasteiger charge is -2.21. The highest BCUT2D eigenvalue weighted by molar-refractivity contribution is 5.48. The molecule has 3 heteroatoms. The largest absolute Gasteiger partial charge is 0.356 e. The average molecular weight is 245 g/mol. The smallest absolute Gasteiger partial charge is 0.133 e. The van der Waals surface area contributed by atoms with Gasteiger partial charge in [-0.15, -0.1) is 0 Å². The van der Waals surface area contributed by atoms with Crippen LogP contribution in [0.5, 0.6) is 0 Å². The SMILES string of the molecule is CCNCc1cccnc1N1CC2CCCC2C1. The van der Waals surface area contributed by atoms with E-state index in [2.05, 4.69) is 28.2 Å². The molecule has 1 aromatic rings. The molecular formula is C15H23N3. The van der Waals surface area contributed by atoms with Crippen LogP contribution in [-0.4, -0.2) is 24.6 Å². The second kappa shape index (κ2) is 5.27. The van der Waals surface area contributed by atoms with Crippen LogP contribution in [-0.2, 0) is 6.54 Å². The topological polar surface area (TPSA) is 28.2 Å². The quantitative estimate of drug-likeness (QED) is 0.883. The summed E-state index contributed by atoms with van der Waals surface area (Å²) in [6.07, 6.45) is 6.22. The van der Waals surface area contributed by atoms with Crippen molar-refractivity contribution in [2.24, 2.45) is 11.8 Å². The van der Waals surface area contributed by atoms with E-state index in [-0.39, 0.29) is 0 Å². The summed E-state index contributed by atoms with van der Waals surface area (Å²) in [6.45, 7) is 6.54. The molecule has 0 amide bonds. The Bertz CT molecular complexity index is 392. The highest BCUT2D eigenvalue weighted by atomic mass is 15.2. The third kappa shape index (κ3) is 2.24. The van der Waals surface area contributed by atoms with Crippen molar-refractivity contribution in [3.63, 3.8) is 0 Å². The number of hydrogen-bond acceptors (Lipinski definition) is 3. The summed E-state index contributed by atoms with van der Waals surface area (Å²) in [5.41, 5.74) is 1.35. The van der Waals surface area contributed by atoms with Crippen molar-refractivity contribution in [3.05, 3.63) is 23.9 Å². The fourth-order valence-corrected chi connectivity index (χ4v) is 3.52. The van der Waals surface area contributed by atoms with Crippen LogP contribution in [0.4, 0.5) is 5.82 Å². The summed E-state index contributed by atoms with van der Waals surface area (Å²) in [6, 6.07) is 4.26. The molecule has 1 aliphatic carbocycles.